The molecule has 4 nitrogen and oxygen atoms in total. The fourth-order valence-corrected chi connectivity index (χ4v) is 1.92. The number of aryl methyl sites for hydroxylation is 1. The minimum atomic E-state index is 0.247. The first-order chi connectivity index (χ1) is 8.25. The Balaban J connectivity index is 2.31. The maximum absolute atomic E-state index is 5.83. The molecule has 0 aliphatic heterocycles. The highest BCUT2D eigenvalue weighted by atomic mass is 35.5. The Morgan fingerprint density at radius 1 is 1.18 bits per heavy atom. The van der Waals surface area contributed by atoms with Crippen LogP contribution in [-0.2, 0) is 0 Å². The van der Waals surface area contributed by atoms with E-state index >= 15 is 0 Å². The van der Waals surface area contributed by atoms with Crippen LogP contribution in [0.15, 0.2) is 36.8 Å². The average molecular weight is 245 g/mol. The van der Waals surface area contributed by atoms with Crippen LogP contribution in [0.1, 0.15) is 5.56 Å². The normalized spacial score (nSPS) is 10.9. The highest BCUT2D eigenvalue weighted by molar-refractivity contribution is 6.28. The fraction of sp³-hybridized carbons (Fsp3) is 0.0833. The minimum Gasteiger partial charge on any atom is -0.298 e. The largest absolute Gasteiger partial charge is 0.298 e. The number of halogens is 1. The van der Waals surface area contributed by atoms with Gasteiger partial charge in [-0.1, -0.05) is 6.07 Å². The van der Waals surface area contributed by atoms with Gasteiger partial charge in [0.2, 0.25) is 5.28 Å². The quantitative estimate of drug-likeness (QED) is 0.618. The van der Waals surface area contributed by atoms with Crippen molar-refractivity contribution in [2.45, 2.75) is 6.92 Å². The van der Waals surface area contributed by atoms with Crippen molar-refractivity contribution in [2.75, 3.05) is 0 Å². The molecule has 0 saturated heterocycles. The molecule has 3 aromatic rings. The molecule has 0 amide bonds. The van der Waals surface area contributed by atoms with Crippen LogP contribution < -0.4 is 0 Å². The third-order valence-electron chi connectivity index (χ3n) is 2.60. The van der Waals surface area contributed by atoms with Gasteiger partial charge in [0, 0.05) is 12.4 Å². The second-order valence-corrected chi connectivity index (χ2v) is 4.08. The number of fused-ring (bicyclic) bond motifs is 1. The smallest absolute Gasteiger partial charge is 0.222 e. The summed E-state index contributed by atoms with van der Waals surface area (Å²) in [5.41, 5.74) is 3.59. The summed E-state index contributed by atoms with van der Waals surface area (Å²) in [4.78, 5) is 12.5. The van der Waals surface area contributed by atoms with Gasteiger partial charge >= 0.3 is 0 Å². The molecule has 0 bridgehead atoms. The number of hydrogen-bond acceptors (Lipinski definition) is 3. The third-order valence-corrected chi connectivity index (χ3v) is 2.78. The zero-order chi connectivity index (χ0) is 11.8. The van der Waals surface area contributed by atoms with E-state index in [0.29, 0.717) is 0 Å². The second kappa shape index (κ2) is 3.82. The maximum atomic E-state index is 5.83. The Kier molecular flexibility index (Phi) is 2.30. The first-order valence-corrected chi connectivity index (χ1v) is 5.55. The highest BCUT2D eigenvalue weighted by Crippen LogP contribution is 2.22. The summed E-state index contributed by atoms with van der Waals surface area (Å²) in [6.07, 6.45) is 5.46. The van der Waals surface area contributed by atoms with Crippen LogP contribution in [0.3, 0.4) is 0 Å². The molecule has 3 heterocycles. The molecule has 0 aliphatic rings. The number of aromatic nitrogens is 4. The van der Waals surface area contributed by atoms with E-state index in [4.69, 9.17) is 11.6 Å². The van der Waals surface area contributed by atoms with Crippen LogP contribution in [0.4, 0.5) is 0 Å². The van der Waals surface area contributed by atoms with Crippen molar-refractivity contribution < 1.29 is 0 Å². The molecule has 5 heteroatoms. The van der Waals surface area contributed by atoms with Crippen LogP contribution in [0.2, 0.25) is 5.28 Å². The van der Waals surface area contributed by atoms with Crippen LogP contribution in [0.25, 0.3) is 17.0 Å². The molecule has 3 aromatic heterocycles. The topological polar surface area (TPSA) is 43.1 Å². The van der Waals surface area contributed by atoms with Crippen molar-refractivity contribution in [3.63, 3.8) is 0 Å². The molecule has 0 aromatic carbocycles. The number of imidazole rings is 1. The highest BCUT2D eigenvalue weighted by Gasteiger charge is 2.10. The molecule has 0 atom stereocenters. The van der Waals surface area contributed by atoms with Crippen LogP contribution >= 0.6 is 11.6 Å². The van der Waals surface area contributed by atoms with Crippen molar-refractivity contribution in [3.8, 4) is 11.4 Å². The zero-order valence-corrected chi connectivity index (χ0v) is 9.89. The van der Waals surface area contributed by atoms with E-state index in [2.05, 4.69) is 15.0 Å². The molecule has 84 valence electrons. The lowest BCUT2D eigenvalue weighted by Crippen LogP contribution is -1.94. The predicted octanol–water partition coefficient (Wildman–Crippen LogP) is 2.75. The molecule has 0 N–H and O–H groups in total. The standard InChI is InChI=1S/C12H9ClN4/c1-8-6-15-12(13)16-11(8)9-7-14-10-4-2-3-5-17(9)10/h2-7H,1H3. The molecule has 0 unspecified atom stereocenters. The van der Waals surface area contributed by atoms with Crippen molar-refractivity contribution >= 4 is 17.2 Å². The predicted molar refractivity (Wildman–Crippen MR) is 66.0 cm³/mol. The lowest BCUT2D eigenvalue weighted by atomic mass is 10.2. The van der Waals surface area contributed by atoms with Gasteiger partial charge < -0.3 is 0 Å². The fourth-order valence-electron chi connectivity index (χ4n) is 1.79. The third kappa shape index (κ3) is 1.66. The Morgan fingerprint density at radius 2 is 2.06 bits per heavy atom. The minimum absolute atomic E-state index is 0.247. The van der Waals surface area contributed by atoms with Crippen molar-refractivity contribution in [2.24, 2.45) is 0 Å². The van der Waals surface area contributed by atoms with Gasteiger partial charge in [0.1, 0.15) is 5.65 Å². The number of rotatable bonds is 1. The van der Waals surface area contributed by atoms with Crippen LogP contribution in [0.5, 0.6) is 0 Å². The Labute approximate surface area is 103 Å². The number of nitrogens with zero attached hydrogens (tertiary/aromatic N) is 4. The molecular weight excluding hydrogens is 236 g/mol. The van der Waals surface area contributed by atoms with Gasteiger partial charge in [-0.15, -0.1) is 0 Å². The Hall–Kier alpha value is -1.94. The van der Waals surface area contributed by atoms with E-state index < -0.39 is 0 Å². The van der Waals surface area contributed by atoms with Gasteiger partial charge in [-0.3, -0.25) is 4.40 Å². The molecular formula is C12H9ClN4. The van der Waals surface area contributed by atoms with E-state index in [1.807, 2.05) is 35.7 Å². The van der Waals surface area contributed by atoms with E-state index in [1.165, 1.54) is 0 Å². The van der Waals surface area contributed by atoms with Crippen LogP contribution in [0, 0.1) is 6.92 Å². The van der Waals surface area contributed by atoms with Crippen molar-refractivity contribution in [3.05, 3.63) is 47.6 Å². The SMILES string of the molecule is Cc1cnc(Cl)nc1-c1cnc2ccccn12. The lowest BCUT2D eigenvalue weighted by Gasteiger charge is -2.04. The summed E-state index contributed by atoms with van der Waals surface area (Å²) >= 11 is 5.83. The van der Waals surface area contributed by atoms with Gasteiger partial charge in [0.25, 0.3) is 0 Å². The second-order valence-electron chi connectivity index (χ2n) is 3.74. The summed E-state index contributed by atoms with van der Waals surface area (Å²) < 4.78 is 1.98. The molecule has 0 aliphatic carbocycles. The van der Waals surface area contributed by atoms with Gasteiger partial charge in [-0.2, -0.15) is 0 Å². The summed E-state index contributed by atoms with van der Waals surface area (Å²) in [6, 6.07) is 5.85. The first-order valence-electron chi connectivity index (χ1n) is 5.17. The molecule has 0 saturated carbocycles. The number of hydrogen-bond donors (Lipinski definition) is 0. The lowest BCUT2D eigenvalue weighted by molar-refractivity contribution is 1.10. The van der Waals surface area contributed by atoms with Gasteiger partial charge in [0.15, 0.2) is 0 Å². The summed E-state index contributed by atoms with van der Waals surface area (Å²) in [6.45, 7) is 1.95. The maximum Gasteiger partial charge on any atom is 0.222 e. The van der Waals surface area contributed by atoms with E-state index in [9.17, 15) is 0 Å². The van der Waals surface area contributed by atoms with E-state index in [-0.39, 0.29) is 5.28 Å². The average Bonchev–Trinajstić information content (AvgIpc) is 2.76. The van der Waals surface area contributed by atoms with E-state index in [0.717, 1.165) is 22.6 Å². The summed E-state index contributed by atoms with van der Waals surface area (Å²) in [5.74, 6) is 0. The molecule has 0 fully saturated rings. The van der Waals surface area contributed by atoms with E-state index in [1.54, 1.807) is 12.4 Å². The van der Waals surface area contributed by atoms with Crippen molar-refractivity contribution in [1.29, 1.82) is 0 Å². The zero-order valence-electron chi connectivity index (χ0n) is 9.13. The molecule has 0 radical (unpaired) electrons. The Bertz CT molecular complexity index is 690. The molecule has 0 spiro atoms. The van der Waals surface area contributed by atoms with Gasteiger partial charge in [-0.25, -0.2) is 15.0 Å². The van der Waals surface area contributed by atoms with Crippen LogP contribution in [-0.4, -0.2) is 19.4 Å². The summed E-state index contributed by atoms with van der Waals surface area (Å²) in [5, 5.41) is 0.247. The van der Waals surface area contributed by atoms with Crippen molar-refractivity contribution in [1.82, 2.24) is 19.4 Å². The van der Waals surface area contributed by atoms with Gasteiger partial charge in [0.05, 0.1) is 17.6 Å². The first kappa shape index (κ1) is 10.2. The van der Waals surface area contributed by atoms with Gasteiger partial charge in [-0.05, 0) is 36.2 Å². The monoisotopic (exact) mass is 244 g/mol. The summed E-state index contributed by atoms with van der Waals surface area (Å²) in [7, 11) is 0. The molecule has 17 heavy (non-hydrogen) atoms. The molecule has 3 rings (SSSR count). The number of pyridine rings is 1. The Morgan fingerprint density at radius 3 is 2.94 bits per heavy atom.